The third-order valence-corrected chi connectivity index (χ3v) is 2.72. The van der Waals surface area contributed by atoms with Crippen LogP contribution < -0.4 is 10.1 Å². The number of rotatable bonds is 6. The maximum Gasteiger partial charge on any atom is 0.257 e. The second-order valence-corrected chi connectivity index (χ2v) is 4.50. The molecule has 5 heteroatoms. The summed E-state index contributed by atoms with van der Waals surface area (Å²) in [6, 6.07) is 5.67. The first kappa shape index (κ1) is 14.0. The summed E-state index contributed by atoms with van der Waals surface area (Å²) >= 11 is 3.37. The van der Waals surface area contributed by atoms with Crippen molar-refractivity contribution in [2.75, 3.05) is 19.8 Å². The molecular weight excluding hydrogens is 286 g/mol. The molecule has 0 fully saturated rings. The quantitative estimate of drug-likeness (QED) is 0.785. The molecule has 94 valence electrons. The Balaban J connectivity index is 2.37. The molecule has 1 aromatic rings. The van der Waals surface area contributed by atoms with E-state index in [-0.39, 0.29) is 19.1 Å². The van der Waals surface area contributed by atoms with E-state index < -0.39 is 0 Å². The van der Waals surface area contributed by atoms with Crippen molar-refractivity contribution in [1.82, 2.24) is 5.32 Å². The van der Waals surface area contributed by atoms with Crippen LogP contribution in [0.5, 0.6) is 5.75 Å². The normalized spacial score (nSPS) is 10.1. The summed E-state index contributed by atoms with van der Waals surface area (Å²) in [6.07, 6.45) is 0.556. The number of aliphatic hydroxyl groups excluding tert-OH is 1. The van der Waals surface area contributed by atoms with Crippen molar-refractivity contribution in [2.45, 2.75) is 13.3 Å². The van der Waals surface area contributed by atoms with Crippen molar-refractivity contribution in [2.24, 2.45) is 0 Å². The van der Waals surface area contributed by atoms with Crippen molar-refractivity contribution >= 4 is 21.8 Å². The number of amides is 1. The fourth-order valence-corrected chi connectivity index (χ4v) is 1.83. The number of benzene rings is 1. The van der Waals surface area contributed by atoms with Crippen molar-refractivity contribution in [3.8, 4) is 5.75 Å². The van der Waals surface area contributed by atoms with Gasteiger partial charge in [0, 0.05) is 13.2 Å². The van der Waals surface area contributed by atoms with Gasteiger partial charge in [-0.15, -0.1) is 0 Å². The van der Waals surface area contributed by atoms with Crippen LogP contribution in [0.25, 0.3) is 0 Å². The summed E-state index contributed by atoms with van der Waals surface area (Å²) < 4.78 is 6.20. The van der Waals surface area contributed by atoms with Crippen LogP contribution in [0.15, 0.2) is 22.7 Å². The first-order chi connectivity index (χ1) is 8.13. The molecule has 0 bridgehead atoms. The lowest BCUT2D eigenvalue weighted by atomic mass is 10.2. The van der Waals surface area contributed by atoms with Crippen LogP contribution in [-0.2, 0) is 4.79 Å². The van der Waals surface area contributed by atoms with Crippen LogP contribution in [0.2, 0.25) is 0 Å². The molecule has 2 N–H and O–H groups in total. The number of hydrogen-bond acceptors (Lipinski definition) is 3. The molecule has 0 radical (unpaired) electrons. The van der Waals surface area contributed by atoms with E-state index in [4.69, 9.17) is 9.84 Å². The minimum absolute atomic E-state index is 0.0207. The van der Waals surface area contributed by atoms with Gasteiger partial charge in [0.25, 0.3) is 5.91 Å². The van der Waals surface area contributed by atoms with Crippen molar-refractivity contribution in [3.63, 3.8) is 0 Å². The largest absolute Gasteiger partial charge is 0.483 e. The topological polar surface area (TPSA) is 58.6 Å². The number of ether oxygens (including phenoxy) is 1. The molecule has 1 rings (SSSR count). The first-order valence-corrected chi connectivity index (χ1v) is 6.19. The molecule has 17 heavy (non-hydrogen) atoms. The fourth-order valence-electron chi connectivity index (χ4n) is 1.22. The van der Waals surface area contributed by atoms with E-state index >= 15 is 0 Å². The lowest BCUT2D eigenvalue weighted by Gasteiger charge is -2.09. The van der Waals surface area contributed by atoms with E-state index in [1.165, 1.54) is 0 Å². The number of nitrogens with one attached hydrogen (secondary N) is 1. The van der Waals surface area contributed by atoms with Gasteiger partial charge in [-0.3, -0.25) is 4.79 Å². The Labute approximate surface area is 109 Å². The molecule has 4 nitrogen and oxygen atoms in total. The van der Waals surface area contributed by atoms with Gasteiger partial charge < -0.3 is 15.2 Å². The predicted molar refractivity (Wildman–Crippen MR) is 69.1 cm³/mol. The highest BCUT2D eigenvalue weighted by molar-refractivity contribution is 9.10. The maximum absolute atomic E-state index is 11.3. The van der Waals surface area contributed by atoms with Gasteiger partial charge in [0.05, 0.1) is 4.47 Å². The molecule has 0 aromatic heterocycles. The van der Waals surface area contributed by atoms with Crippen molar-refractivity contribution in [1.29, 1.82) is 0 Å². The number of aliphatic hydroxyl groups is 1. The van der Waals surface area contributed by atoms with Crippen LogP contribution in [0, 0.1) is 6.92 Å². The van der Waals surface area contributed by atoms with E-state index in [9.17, 15) is 4.79 Å². The van der Waals surface area contributed by atoms with Gasteiger partial charge >= 0.3 is 0 Å². The van der Waals surface area contributed by atoms with Gasteiger partial charge in [-0.1, -0.05) is 6.07 Å². The Morgan fingerprint density at radius 2 is 2.29 bits per heavy atom. The highest BCUT2D eigenvalue weighted by Gasteiger charge is 2.05. The zero-order chi connectivity index (χ0) is 12.7. The second-order valence-electron chi connectivity index (χ2n) is 3.65. The minimum Gasteiger partial charge on any atom is -0.483 e. The summed E-state index contributed by atoms with van der Waals surface area (Å²) in [5, 5.41) is 11.2. The highest BCUT2D eigenvalue weighted by atomic mass is 79.9. The van der Waals surface area contributed by atoms with E-state index in [0.29, 0.717) is 18.7 Å². The summed E-state index contributed by atoms with van der Waals surface area (Å²) in [5.74, 6) is 0.457. The van der Waals surface area contributed by atoms with Crippen LogP contribution in [0.4, 0.5) is 0 Å². The number of aryl methyl sites for hydroxylation is 1. The molecule has 0 aliphatic rings. The Morgan fingerprint density at radius 1 is 1.53 bits per heavy atom. The monoisotopic (exact) mass is 301 g/mol. The summed E-state index contributed by atoms with van der Waals surface area (Å²) in [6.45, 7) is 2.50. The summed E-state index contributed by atoms with van der Waals surface area (Å²) in [4.78, 5) is 11.3. The van der Waals surface area contributed by atoms with Gasteiger partial charge in [0.1, 0.15) is 5.75 Å². The SMILES string of the molecule is Cc1ccc(OCC(=O)NCCCO)c(Br)c1. The van der Waals surface area contributed by atoms with Crippen LogP contribution in [0.3, 0.4) is 0 Å². The minimum atomic E-state index is -0.189. The third kappa shape index (κ3) is 5.19. The first-order valence-electron chi connectivity index (χ1n) is 5.40. The van der Waals surface area contributed by atoms with Gasteiger partial charge in [-0.05, 0) is 47.0 Å². The average Bonchev–Trinajstić information content (AvgIpc) is 2.28. The lowest BCUT2D eigenvalue weighted by Crippen LogP contribution is -2.30. The summed E-state index contributed by atoms with van der Waals surface area (Å²) in [7, 11) is 0. The van der Waals surface area contributed by atoms with Gasteiger partial charge in [0.15, 0.2) is 6.61 Å². The molecule has 0 spiro atoms. The zero-order valence-electron chi connectivity index (χ0n) is 9.70. The number of carbonyl (C=O) groups is 1. The van der Waals surface area contributed by atoms with Gasteiger partial charge in [0.2, 0.25) is 0 Å². The second kappa shape index (κ2) is 7.29. The van der Waals surface area contributed by atoms with Crippen molar-refractivity contribution in [3.05, 3.63) is 28.2 Å². The molecule has 0 saturated heterocycles. The number of hydrogen-bond donors (Lipinski definition) is 2. The molecule has 0 aliphatic heterocycles. The average molecular weight is 302 g/mol. The molecule has 0 aliphatic carbocycles. The van der Waals surface area contributed by atoms with E-state index in [2.05, 4.69) is 21.2 Å². The molecule has 0 atom stereocenters. The van der Waals surface area contributed by atoms with Crippen LogP contribution >= 0.6 is 15.9 Å². The van der Waals surface area contributed by atoms with Crippen molar-refractivity contribution < 1.29 is 14.6 Å². The Kier molecular flexibility index (Phi) is 6.00. The van der Waals surface area contributed by atoms with Gasteiger partial charge in [-0.2, -0.15) is 0 Å². The maximum atomic E-state index is 11.3. The highest BCUT2D eigenvalue weighted by Crippen LogP contribution is 2.25. The summed E-state index contributed by atoms with van der Waals surface area (Å²) in [5.41, 5.74) is 1.12. The number of carbonyl (C=O) groups excluding carboxylic acids is 1. The van der Waals surface area contributed by atoms with Gasteiger partial charge in [-0.25, -0.2) is 0 Å². The molecule has 1 aromatic carbocycles. The Morgan fingerprint density at radius 3 is 2.94 bits per heavy atom. The van der Waals surface area contributed by atoms with E-state index in [0.717, 1.165) is 10.0 Å². The predicted octanol–water partition coefficient (Wildman–Crippen LogP) is 1.63. The van der Waals surface area contributed by atoms with E-state index in [1.54, 1.807) is 0 Å². The van der Waals surface area contributed by atoms with Crippen LogP contribution in [0.1, 0.15) is 12.0 Å². The smallest absolute Gasteiger partial charge is 0.257 e. The standard InChI is InChI=1S/C12H16BrNO3/c1-9-3-4-11(10(13)7-9)17-8-12(16)14-5-2-6-15/h3-4,7,15H,2,5-6,8H2,1H3,(H,14,16). The van der Waals surface area contributed by atoms with Crippen LogP contribution in [-0.4, -0.2) is 30.8 Å². The third-order valence-electron chi connectivity index (χ3n) is 2.10. The number of halogens is 1. The molecule has 1 amide bonds. The molecule has 0 heterocycles. The Hall–Kier alpha value is -1.07. The van der Waals surface area contributed by atoms with E-state index in [1.807, 2.05) is 25.1 Å². The molecule has 0 saturated carbocycles. The fraction of sp³-hybridized carbons (Fsp3) is 0.417. The Bertz CT molecular complexity index is 382. The molecular formula is C12H16BrNO3. The zero-order valence-corrected chi connectivity index (χ0v) is 11.3. The molecule has 0 unspecified atom stereocenters. The lowest BCUT2D eigenvalue weighted by molar-refractivity contribution is -0.123.